The van der Waals surface area contributed by atoms with Crippen LogP contribution in [0.15, 0.2) is 54.6 Å². The third kappa shape index (κ3) is 4.01. The normalized spacial score (nSPS) is 21.8. The minimum Gasteiger partial charge on any atom is -0.339 e. The van der Waals surface area contributed by atoms with E-state index in [1.807, 2.05) is 46.2 Å². The summed E-state index contributed by atoms with van der Waals surface area (Å²) in [6.07, 6.45) is 1.25. The van der Waals surface area contributed by atoms with E-state index in [2.05, 4.69) is 12.1 Å². The molecule has 1 heterocycles. The molecule has 2 atom stereocenters. The van der Waals surface area contributed by atoms with Gasteiger partial charge < -0.3 is 9.80 Å². The van der Waals surface area contributed by atoms with E-state index in [4.69, 9.17) is 11.6 Å². The first-order valence-electron chi connectivity index (χ1n) is 9.48. The van der Waals surface area contributed by atoms with Gasteiger partial charge in [-0.15, -0.1) is 0 Å². The van der Waals surface area contributed by atoms with Crippen molar-refractivity contribution < 1.29 is 9.59 Å². The highest BCUT2D eigenvalue weighted by atomic mass is 35.5. The highest BCUT2D eigenvalue weighted by Gasteiger charge is 2.46. The van der Waals surface area contributed by atoms with E-state index in [9.17, 15) is 9.59 Å². The highest BCUT2D eigenvalue weighted by Crippen LogP contribution is 2.48. The number of amides is 2. The lowest BCUT2D eigenvalue weighted by Crippen LogP contribution is -2.51. The predicted molar refractivity (Wildman–Crippen MR) is 106 cm³/mol. The molecule has 2 aromatic rings. The number of benzene rings is 2. The Labute approximate surface area is 164 Å². The third-order valence-electron chi connectivity index (χ3n) is 5.58. The van der Waals surface area contributed by atoms with Gasteiger partial charge in [-0.25, -0.2) is 0 Å². The topological polar surface area (TPSA) is 40.6 Å². The van der Waals surface area contributed by atoms with Gasteiger partial charge in [0.15, 0.2) is 0 Å². The molecule has 1 saturated carbocycles. The van der Waals surface area contributed by atoms with E-state index in [-0.39, 0.29) is 17.7 Å². The van der Waals surface area contributed by atoms with Crippen LogP contribution in [-0.2, 0) is 16.0 Å². The maximum absolute atomic E-state index is 12.8. The summed E-state index contributed by atoms with van der Waals surface area (Å²) in [7, 11) is 0. The molecule has 0 N–H and O–H groups in total. The molecule has 2 fully saturated rings. The third-order valence-corrected chi connectivity index (χ3v) is 5.95. The van der Waals surface area contributed by atoms with Crippen molar-refractivity contribution >= 4 is 23.4 Å². The quantitative estimate of drug-likeness (QED) is 0.813. The molecule has 1 saturated heterocycles. The highest BCUT2D eigenvalue weighted by molar-refractivity contribution is 6.31. The van der Waals surface area contributed by atoms with Crippen LogP contribution in [0.2, 0.25) is 5.02 Å². The van der Waals surface area contributed by atoms with Crippen LogP contribution in [0.25, 0.3) is 0 Å². The predicted octanol–water partition coefficient (Wildman–Crippen LogP) is 3.36. The Morgan fingerprint density at radius 3 is 2.22 bits per heavy atom. The van der Waals surface area contributed by atoms with E-state index in [0.29, 0.717) is 43.5 Å². The molecular weight excluding hydrogens is 360 g/mol. The molecule has 2 aliphatic rings. The Morgan fingerprint density at radius 2 is 1.52 bits per heavy atom. The van der Waals surface area contributed by atoms with Gasteiger partial charge in [0.05, 0.1) is 6.42 Å². The van der Waals surface area contributed by atoms with E-state index in [1.54, 1.807) is 6.07 Å². The lowest BCUT2D eigenvalue weighted by Gasteiger charge is -2.35. The van der Waals surface area contributed by atoms with Gasteiger partial charge in [0.2, 0.25) is 11.8 Å². The molecule has 1 aliphatic heterocycles. The minimum absolute atomic E-state index is 0.0729. The van der Waals surface area contributed by atoms with Crippen molar-refractivity contribution in [3.63, 3.8) is 0 Å². The van der Waals surface area contributed by atoms with Crippen molar-refractivity contribution in [3.05, 3.63) is 70.7 Å². The molecule has 4 nitrogen and oxygen atoms in total. The molecule has 1 aliphatic carbocycles. The van der Waals surface area contributed by atoms with Crippen molar-refractivity contribution in [3.8, 4) is 0 Å². The number of nitrogens with zero attached hydrogens (tertiary/aromatic N) is 2. The standard InChI is InChI=1S/C22H23ClN2O2/c23-20-9-5-4-8-17(20)14-21(26)24-10-12-25(13-11-24)22(27)19-15-18(19)16-6-2-1-3-7-16/h1-9,18-19H,10-15H2. The van der Waals surface area contributed by atoms with Gasteiger partial charge in [-0.1, -0.05) is 60.1 Å². The fourth-order valence-corrected chi connectivity index (χ4v) is 4.07. The minimum atomic E-state index is 0.0729. The summed E-state index contributed by atoms with van der Waals surface area (Å²) in [5.74, 6) is 0.780. The van der Waals surface area contributed by atoms with Gasteiger partial charge in [0, 0.05) is 37.1 Å². The first-order chi connectivity index (χ1) is 13.1. The summed E-state index contributed by atoms with van der Waals surface area (Å²) in [6.45, 7) is 2.42. The molecule has 0 spiro atoms. The first-order valence-corrected chi connectivity index (χ1v) is 9.86. The fourth-order valence-electron chi connectivity index (χ4n) is 3.86. The van der Waals surface area contributed by atoms with Gasteiger partial charge in [0.1, 0.15) is 0 Å². The largest absolute Gasteiger partial charge is 0.339 e. The smallest absolute Gasteiger partial charge is 0.227 e. The number of carbonyl (C=O) groups is 2. The summed E-state index contributed by atoms with van der Waals surface area (Å²) in [5, 5.41) is 0.625. The zero-order valence-electron chi connectivity index (χ0n) is 15.2. The average Bonchev–Trinajstić information content (AvgIpc) is 3.51. The molecule has 2 unspecified atom stereocenters. The Kier molecular flexibility index (Phi) is 5.17. The molecule has 2 amide bonds. The Morgan fingerprint density at radius 1 is 0.889 bits per heavy atom. The number of rotatable bonds is 4. The summed E-state index contributed by atoms with van der Waals surface area (Å²) >= 11 is 6.15. The van der Waals surface area contributed by atoms with Crippen molar-refractivity contribution in [1.29, 1.82) is 0 Å². The number of hydrogen-bond acceptors (Lipinski definition) is 2. The van der Waals surface area contributed by atoms with E-state index in [0.717, 1.165) is 12.0 Å². The van der Waals surface area contributed by atoms with Crippen LogP contribution in [0.3, 0.4) is 0 Å². The average molecular weight is 383 g/mol. The van der Waals surface area contributed by atoms with E-state index >= 15 is 0 Å². The van der Waals surface area contributed by atoms with Crippen molar-refractivity contribution in [2.24, 2.45) is 5.92 Å². The SMILES string of the molecule is O=C(Cc1ccccc1Cl)N1CCN(C(=O)C2CC2c2ccccc2)CC1. The van der Waals surface area contributed by atoms with Crippen LogP contribution in [0.1, 0.15) is 23.5 Å². The molecule has 5 heteroatoms. The summed E-state index contributed by atoms with van der Waals surface area (Å²) in [4.78, 5) is 29.1. The first kappa shape index (κ1) is 18.1. The molecule has 0 aromatic heterocycles. The Balaban J connectivity index is 1.28. The monoisotopic (exact) mass is 382 g/mol. The Bertz CT molecular complexity index is 831. The molecule has 0 radical (unpaired) electrons. The van der Waals surface area contributed by atoms with Crippen molar-refractivity contribution in [1.82, 2.24) is 9.80 Å². The maximum Gasteiger partial charge on any atom is 0.227 e. The van der Waals surface area contributed by atoms with Crippen molar-refractivity contribution in [2.45, 2.75) is 18.8 Å². The van der Waals surface area contributed by atoms with Crippen LogP contribution in [0.4, 0.5) is 0 Å². The van der Waals surface area contributed by atoms with Crippen LogP contribution in [0, 0.1) is 5.92 Å². The van der Waals surface area contributed by atoms with Crippen LogP contribution >= 0.6 is 11.6 Å². The molecule has 4 rings (SSSR count). The van der Waals surface area contributed by atoms with Crippen LogP contribution < -0.4 is 0 Å². The zero-order chi connectivity index (χ0) is 18.8. The molecule has 27 heavy (non-hydrogen) atoms. The zero-order valence-corrected chi connectivity index (χ0v) is 15.9. The van der Waals surface area contributed by atoms with E-state index < -0.39 is 0 Å². The lowest BCUT2D eigenvalue weighted by atomic mass is 10.1. The van der Waals surface area contributed by atoms with Gasteiger partial charge >= 0.3 is 0 Å². The number of hydrogen-bond donors (Lipinski definition) is 0. The van der Waals surface area contributed by atoms with E-state index in [1.165, 1.54) is 5.56 Å². The summed E-state index contributed by atoms with van der Waals surface area (Å²) in [5.41, 5.74) is 2.11. The molecule has 0 bridgehead atoms. The second kappa shape index (κ2) is 7.73. The van der Waals surface area contributed by atoms with Gasteiger partial charge in [-0.05, 0) is 29.5 Å². The number of piperazine rings is 1. The summed E-state index contributed by atoms with van der Waals surface area (Å²) in [6, 6.07) is 17.7. The fraction of sp³-hybridized carbons (Fsp3) is 0.364. The Hall–Kier alpha value is -2.33. The lowest BCUT2D eigenvalue weighted by molar-refractivity contribution is -0.140. The van der Waals surface area contributed by atoms with Gasteiger partial charge in [-0.3, -0.25) is 9.59 Å². The summed E-state index contributed by atoms with van der Waals surface area (Å²) < 4.78 is 0. The van der Waals surface area contributed by atoms with Crippen LogP contribution in [0.5, 0.6) is 0 Å². The van der Waals surface area contributed by atoms with Gasteiger partial charge in [-0.2, -0.15) is 0 Å². The number of halogens is 1. The molecule has 140 valence electrons. The van der Waals surface area contributed by atoms with Gasteiger partial charge in [0.25, 0.3) is 0 Å². The number of carbonyl (C=O) groups excluding carboxylic acids is 2. The molecular formula is C22H23ClN2O2. The maximum atomic E-state index is 12.8. The van der Waals surface area contributed by atoms with Crippen LogP contribution in [-0.4, -0.2) is 47.8 Å². The molecule has 2 aromatic carbocycles. The van der Waals surface area contributed by atoms with Crippen molar-refractivity contribution in [2.75, 3.05) is 26.2 Å². The second-order valence-corrected chi connectivity index (χ2v) is 7.74. The second-order valence-electron chi connectivity index (χ2n) is 7.33.